The number of nitrogens with one attached hydrogen (secondary N) is 1. The van der Waals surface area contributed by atoms with Gasteiger partial charge >= 0.3 is 0 Å². The van der Waals surface area contributed by atoms with Gasteiger partial charge in [-0.3, -0.25) is 4.90 Å². The Morgan fingerprint density at radius 1 is 1.26 bits per heavy atom. The van der Waals surface area contributed by atoms with Gasteiger partial charge in [-0.25, -0.2) is 0 Å². The zero-order valence-corrected chi connectivity index (χ0v) is 12.2. The van der Waals surface area contributed by atoms with Crippen LogP contribution in [0.3, 0.4) is 0 Å². The second-order valence-electron chi connectivity index (χ2n) is 5.29. The maximum Gasteiger partial charge on any atom is 0.0589 e. The summed E-state index contributed by atoms with van der Waals surface area (Å²) in [4.78, 5) is 2.43. The molecular formula is C16H26N2O. The zero-order chi connectivity index (χ0) is 13.5. The molecule has 0 aliphatic heterocycles. The Labute approximate surface area is 116 Å². The van der Waals surface area contributed by atoms with E-state index in [9.17, 15) is 0 Å². The normalized spacial score (nSPS) is 15.1. The minimum absolute atomic E-state index is 0.767. The molecule has 0 unspecified atom stereocenters. The van der Waals surface area contributed by atoms with Gasteiger partial charge in [-0.1, -0.05) is 31.2 Å². The molecule has 0 atom stereocenters. The van der Waals surface area contributed by atoms with Crippen LogP contribution < -0.4 is 5.32 Å². The second-order valence-corrected chi connectivity index (χ2v) is 5.29. The molecule has 0 radical (unpaired) electrons. The molecule has 1 aliphatic rings. The van der Waals surface area contributed by atoms with E-state index in [2.05, 4.69) is 41.4 Å². The third kappa shape index (κ3) is 4.94. The van der Waals surface area contributed by atoms with Crippen molar-refractivity contribution in [2.75, 3.05) is 26.8 Å². The lowest BCUT2D eigenvalue weighted by atomic mass is 10.1. The van der Waals surface area contributed by atoms with E-state index in [1.54, 1.807) is 7.11 Å². The highest BCUT2D eigenvalue weighted by Gasteiger charge is 2.20. The van der Waals surface area contributed by atoms with Crippen molar-refractivity contribution in [1.82, 2.24) is 10.2 Å². The lowest BCUT2D eigenvalue weighted by Crippen LogP contribution is -2.27. The van der Waals surface area contributed by atoms with Crippen LogP contribution in [0.1, 0.15) is 30.9 Å². The summed E-state index contributed by atoms with van der Waals surface area (Å²) >= 11 is 0. The third-order valence-corrected chi connectivity index (χ3v) is 3.73. The van der Waals surface area contributed by atoms with E-state index in [0.717, 1.165) is 38.8 Å². The molecule has 0 aromatic heterocycles. The summed E-state index contributed by atoms with van der Waals surface area (Å²) in [5.74, 6) is 0. The average Bonchev–Trinajstić information content (AvgIpc) is 3.26. The molecule has 1 fully saturated rings. The van der Waals surface area contributed by atoms with Crippen molar-refractivity contribution in [3.63, 3.8) is 0 Å². The molecule has 0 amide bonds. The summed E-state index contributed by atoms with van der Waals surface area (Å²) in [5.41, 5.74) is 2.87. The third-order valence-electron chi connectivity index (χ3n) is 3.73. The number of ether oxygens (including phenoxy) is 1. The first-order valence-corrected chi connectivity index (χ1v) is 7.35. The summed E-state index contributed by atoms with van der Waals surface area (Å²) in [7, 11) is 1.77. The summed E-state index contributed by atoms with van der Waals surface area (Å²) < 4.78 is 5.18. The number of benzene rings is 1. The summed E-state index contributed by atoms with van der Waals surface area (Å²) in [6.07, 6.45) is 2.69. The Morgan fingerprint density at radius 3 is 2.63 bits per heavy atom. The fraction of sp³-hybridized carbons (Fsp3) is 0.625. The first-order valence-electron chi connectivity index (χ1n) is 7.35. The average molecular weight is 262 g/mol. The fourth-order valence-corrected chi connectivity index (χ4v) is 2.24. The van der Waals surface area contributed by atoms with Gasteiger partial charge in [-0.2, -0.15) is 0 Å². The molecule has 1 saturated carbocycles. The predicted molar refractivity (Wildman–Crippen MR) is 79.1 cm³/mol. The molecule has 0 heterocycles. The fourth-order valence-electron chi connectivity index (χ4n) is 2.24. The molecular weight excluding hydrogens is 236 g/mol. The van der Waals surface area contributed by atoms with E-state index in [-0.39, 0.29) is 0 Å². The van der Waals surface area contributed by atoms with Gasteiger partial charge in [-0.15, -0.1) is 0 Å². The van der Waals surface area contributed by atoms with Crippen molar-refractivity contribution in [3.05, 3.63) is 35.4 Å². The molecule has 1 aromatic rings. The van der Waals surface area contributed by atoms with Crippen LogP contribution in [0, 0.1) is 0 Å². The summed E-state index contributed by atoms with van der Waals surface area (Å²) in [6.45, 7) is 7.09. The van der Waals surface area contributed by atoms with Gasteiger partial charge in [0.1, 0.15) is 0 Å². The minimum atomic E-state index is 0.767. The van der Waals surface area contributed by atoms with Crippen LogP contribution >= 0.6 is 0 Å². The highest BCUT2D eigenvalue weighted by atomic mass is 16.5. The second kappa shape index (κ2) is 7.63. The number of rotatable bonds is 9. The first kappa shape index (κ1) is 14.5. The van der Waals surface area contributed by atoms with Crippen LogP contribution in [0.2, 0.25) is 0 Å². The molecule has 3 heteroatoms. The van der Waals surface area contributed by atoms with E-state index < -0.39 is 0 Å². The standard InChI is InChI=1S/C16H26N2O/c1-3-18(10-11-19-2)13-15-7-5-4-6-14(15)12-17-16-8-9-16/h4-7,16-17H,3,8-13H2,1-2H3. The molecule has 19 heavy (non-hydrogen) atoms. The van der Waals surface area contributed by atoms with Crippen LogP contribution in [0.4, 0.5) is 0 Å². The van der Waals surface area contributed by atoms with E-state index >= 15 is 0 Å². The monoisotopic (exact) mass is 262 g/mol. The van der Waals surface area contributed by atoms with Gasteiger partial charge in [-0.05, 0) is 30.5 Å². The highest BCUT2D eigenvalue weighted by Crippen LogP contribution is 2.20. The van der Waals surface area contributed by atoms with Crippen LogP contribution in [0.5, 0.6) is 0 Å². The molecule has 1 N–H and O–H groups in total. The number of methoxy groups -OCH3 is 1. The Kier molecular flexibility index (Phi) is 5.83. The topological polar surface area (TPSA) is 24.5 Å². The van der Waals surface area contributed by atoms with Gasteiger partial charge in [0.05, 0.1) is 6.61 Å². The Hall–Kier alpha value is -0.900. The van der Waals surface area contributed by atoms with Crippen molar-refractivity contribution in [1.29, 1.82) is 0 Å². The van der Waals surface area contributed by atoms with E-state index in [4.69, 9.17) is 4.74 Å². The molecule has 0 spiro atoms. The highest BCUT2D eigenvalue weighted by molar-refractivity contribution is 5.27. The number of hydrogen-bond acceptors (Lipinski definition) is 3. The lowest BCUT2D eigenvalue weighted by molar-refractivity contribution is 0.147. The molecule has 2 rings (SSSR count). The first-order chi connectivity index (χ1) is 9.33. The van der Waals surface area contributed by atoms with Gasteiger partial charge in [0.15, 0.2) is 0 Å². The van der Waals surface area contributed by atoms with Crippen molar-refractivity contribution in [2.45, 2.75) is 38.9 Å². The molecule has 1 aliphatic carbocycles. The molecule has 106 valence electrons. The van der Waals surface area contributed by atoms with Gasteiger partial charge in [0.25, 0.3) is 0 Å². The Balaban J connectivity index is 1.92. The van der Waals surface area contributed by atoms with Crippen LogP contribution in [-0.4, -0.2) is 37.7 Å². The SMILES string of the molecule is CCN(CCOC)Cc1ccccc1CNC1CC1. The van der Waals surface area contributed by atoms with Crippen molar-refractivity contribution >= 4 is 0 Å². The molecule has 0 bridgehead atoms. The van der Waals surface area contributed by atoms with Crippen LogP contribution in [0.15, 0.2) is 24.3 Å². The van der Waals surface area contributed by atoms with Crippen LogP contribution in [0.25, 0.3) is 0 Å². The van der Waals surface area contributed by atoms with Gasteiger partial charge < -0.3 is 10.1 Å². The minimum Gasteiger partial charge on any atom is -0.383 e. The lowest BCUT2D eigenvalue weighted by Gasteiger charge is -2.21. The molecule has 0 saturated heterocycles. The zero-order valence-electron chi connectivity index (χ0n) is 12.2. The van der Waals surface area contributed by atoms with E-state index in [1.807, 2.05) is 0 Å². The van der Waals surface area contributed by atoms with Crippen molar-refractivity contribution in [2.24, 2.45) is 0 Å². The Morgan fingerprint density at radius 2 is 2.00 bits per heavy atom. The maximum atomic E-state index is 5.18. The summed E-state index contributed by atoms with van der Waals surface area (Å²) in [6, 6.07) is 9.54. The molecule has 1 aromatic carbocycles. The Bertz CT molecular complexity index is 377. The maximum absolute atomic E-state index is 5.18. The number of hydrogen-bond donors (Lipinski definition) is 1. The van der Waals surface area contributed by atoms with Crippen molar-refractivity contribution < 1.29 is 4.74 Å². The quantitative estimate of drug-likeness (QED) is 0.739. The number of likely N-dealkylation sites (N-methyl/N-ethyl adjacent to an activating group) is 1. The largest absolute Gasteiger partial charge is 0.383 e. The van der Waals surface area contributed by atoms with Gasteiger partial charge in [0.2, 0.25) is 0 Å². The summed E-state index contributed by atoms with van der Waals surface area (Å²) in [5, 5.41) is 3.60. The van der Waals surface area contributed by atoms with E-state index in [1.165, 1.54) is 24.0 Å². The van der Waals surface area contributed by atoms with Crippen LogP contribution in [-0.2, 0) is 17.8 Å². The smallest absolute Gasteiger partial charge is 0.0589 e. The van der Waals surface area contributed by atoms with Gasteiger partial charge in [0, 0.05) is 32.8 Å². The molecule has 3 nitrogen and oxygen atoms in total. The van der Waals surface area contributed by atoms with Crippen molar-refractivity contribution in [3.8, 4) is 0 Å². The van der Waals surface area contributed by atoms with E-state index in [0.29, 0.717) is 0 Å². The number of nitrogens with zero attached hydrogens (tertiary/aromatic N) is 1. The predicted octanol–water partition coefficient (Wildman–Crippen LogP) is 2.41.